The van der Waals surface area contributed by atoms with E-state index in [0.29, 0.717) is 3.92 Å². The molecule has 0 fully saturated rings. The summed E-state index contributed by atoms with van der Waals surface area (Å²) in [5.74, 6) is 0. The van der Waals surface area contributed by atoms with Crippen molar-refractivity contribution in [1.29, 1.82) is 0 Å². The van der Waals surface area contributed by atoms with Crippen LogP contribution in [0, 0.1) is 10.5 Å². The van der Waals surface area contributed by atoms with E-state index in [1.807, 2.05) is 0 Å². The normalized spacial score (nSPS) is 16.6. The van der Waals surface area contributed by atoms with Crippen LogP contribution >= 0.6 is 19.8 Å². The Morgan fingerprint density at radius 2 is 1.62 bits per heavy atom. The fraction of sp³-hybridized carbons (Fsp3) is 0.200. The average Bonchev–Trinajstić information content (AvgIpc) is 2.30. The minimum atomic E-state index is -1.09. The molecule has 0 aliphatic heterocycles. The quantitative estimate of drug-likeness (QED) is 0.560. The van der Waals surface area contributed by atoms with Crippen molar-refractivity contribution < 1.29 is 0 Å². The van der Waals surface area contributed by atoms with E-state index in [0.717, 1.165) is 5.57 Å². The van der Waals surface area contributed by atoms with Crippen LogP contribution in [0.2, 0.25) is 0 Å². The average molecular weight is 324 g/mol. The van der Waals surface area contributed by atoms with Gasteiger partial charge >= 0.3 is 105 Å². The Morgan fingerprint density at radius 1 is 1.06 bits per heavy atom. The summed E-state index contributed by atoms with van der Waals surface area (Å²) < 4.78 is 2.21. The maximum atomic E-state index is 3.94. The molecule has 1 aliphatic rings. The third-order valence-corrected chi connectivity index (χ3v) is 8.39. The van der Waals surface area contributed by atoms with Crippen molar-refractivity contribution in [2.24, 2.45) is 0 Å². The van der Waals surface area contributed by atoms with Gasteiger partial charge in [-0.3, -0.25) is 0 Å². The zero-order chi connectivity index (χ0) is 11.5. The zero-order valence-electron chi connectivity index (χ0n) is 9.78. The van der Waals surface area contributed by atoms with Crippen LogP contribution in [0.5, 0.6) is 0 Å². The first kappa shape index (κ1) is 11.6. The summed E-state index contributed by atoms with van der Waals surface area (Å²) in [6.45, 7) is 6.08. The summed E-state index contributed by atoms with van der Waals surface area (Å²) in [5.41, 5.74) is 2.46. The Morgan fingerprint density at radius 3 is 2.19 bits per heavy atom. The van der Waals surface area contributed by atoms with Gasteiger partial charge in [-0.25, -0.2) is 0 Å². The standard InChI is InChI=1S/C15H17I/c1-12-4-8-14(9-5-12)16(3)15-10-6-13(2)7-11-15/h4-11,14H,1H2,2-3H3. The van der Waals surface area contributed by atoms with Crippen molar-refractivity contribution in [3.05, 3.63) is 69.9 Å². The fourth-order valence-corrected chi connectivity index (χ4v) is 5.63. The number of aryl methyl sites for hydroxylation is 1. The van der Waals surface area contributed by atoms with Gasteiger partial charge in [-0.1, -0.05) is 0 Å². The predicted octanol–water partition coefficient (Wildman–Crippen LogP) is 4.35. The summed E-state index contributed by atoms with van der Waals surface area (Å²) in [6.07, 6.45) is 8.92. The fourth-order valence-electron chi connectivity index (χ4n) is 1.65. The van der Waals surface area contributed by atoms with Crippen LogP contribution in [0.25, 0.3) is 0 Å². The molecule has 0 saturated heterocycles. The Kier molecular flexibility index (Phi) is 3.64. The topological polar surface area (TPSA) is 0 Å². The van der Waals surface area contributed by atoms with Crippen LogP contribution in [0.3, 0.4) is 0 Å². The molecule has 2 rings (SSSR count). The number of allylic oxidation sites excluding steroid dienone is 5. The second kappa shape index (κ2) is 5.00. The molecule has 0 N–H and O–H groups in total. The van der Waals surface area contributed by atoms with Gasteiger partial charge in [-0.15, -0.1) is 0 Å². The maximum absolute atomic E-state index is 3.94. The van der Waals surface area contributed by atoms with Crippen LogP contribution in [-0.4, -0.2) is 8.86 Å². The molecular weight excluding hydrogens is 307 g/mol. The number of benzene rings is 1. The molecule has 0 bridgehead atoms. The zero-order valence-corrected chi connectivity index (χ0v) is 11.9. The Balaban J connectivity index is 2.16. The van der Waals surface area contributed by atoms with Crippen LogP contribution in [-0.2, 0) is 0 Å². The summed E-state index contributed by atoms with van der Waals surface area (Å²) in [5, 5.41) is 0. The third-order valence-electron chi connectivity index (χ3n) is 2.72. The summed E-state index contributed by atoms with van der Waals surface area (Å²) in [6, 6.07) is 9.04. The van der Waals surface area contributed by atoms with E-state index in [4.69, 9.17) is 0 Å². The van der Waals surface area contributed by atoms with E-state index < -0.39 is 19.8 Å². The van der Waals surface area contributed by atoms with Crippen LogP contribution < -0.4 is 0 Å². The number of hydrogen-bond donors (Lipinski definition) is 0. The van der Waals surface area contributed by atoms with Crippen molar-refractivity contribution >= 4 is 19.8 Å². The molecular formula is C15H17I. The summed E-state index contributed by atoms with van der Waals surface area (Å²) >= 11 is -1.09. The molecule has 0 spiro atoms. The molecule has 0 heterocycles. The van der Waals surface area contributed by atoms with E-state index >= 15 is 0 Å². The van der Waals surface area contributed by atoms with Crippen molar-refractivity contribution in [3.8, 4) is 0 Å². The van der Waals surface area contributed by atoms with Crippen LogP contribution in [0.4, 0.5) is 0 Å². The molecule has 16 heavy (non-hydrogen) atoms. The molecule has 0 amide bonds. The molecule has 1 aliphatic carbocycles. The third kappa shape index (κ3) is 2.64. The van der Waals surface area contributed by atoms with Gasteiger partial charge in [0.25, 0.3) is 0 Å². The second-order valence-electron chi connectivity index (χ2n) is 4.05. The first-order valence-corrected chi connectivity index (χ1v) is 9.85. The summed E-state index contributed by atoms with van der Waals surface area (Å²) in [4.78, 5) is 2.43. The molecule has 0 nitrogen and oxygen atoms in total. The molecule has 0 saturated carbocycles. The first-order chi connectivity index (χ1) is 7.66. The molecule has 1 aromatic rings. The number of halogens is 1. The summed E-state index contributed by atoms with van der Waals surface area (Å²) in [7, 11) is 0. The Hall–Kier alpha value is -0.830. The van der Waals surface area contributed by atoms with Gasteiger partial charge in [0.1, 0.15) is 0 Å². The van der Waals surface area contributed by atoms with Crippen LogP contribution in [0.15, 0.2) is 60.7 Å². The number of alkyl halides is 2. The van der Waals surface area contributed by atoms with Crippen molar-refractivity contribution in [3.63, 3.8) is 0 Å². The molecule has 0 atom stereocenters. The molecule has 0 radical (unpaired) electrons. The molecule has 1 aromatic carbocycles. The van der Waals surface area contributed by atoms with Crippen molar-refractivity contribution in [2.75, 3.05) is 4.93 Å². The molecule has 0 unspecified atom stereocenters. The van der Waals surface area contributed by atoms with E-state index in [2.05, 4.69) is 67.0 Å². The Labute approximate surface area is 105 Å². The monoisotopic (exact) mass is 324 g/mol. The SMILES string of the molecule is C=C1C=CC(I(C)c2ccc(C)cc2)C=C1. The number of rotatable bonds is 2. The van der Waals surface area contributed by atoms with E-state index in [-0.39, 0.29) is 0 Å². The van der Waals surface area contributed by atoms with Gasteiger partial charge in [0.05, 0.1) is 0 Å². The predicted molar refractivity (Wildman–Crippen MR) is 81.0 cm³/mol. The van der Waals surface area contributed by atoms with Gasteiger partial charge < -0.3 is 0 Å². The van der Waals surface area contributed by atoms with Gasteiger partial charge in [0, 0.05) is 0 Å². The van der Waals surface area contributed by atoms with Gasteiger partial charge in [0.2, 0.25) is 0 Å². The Bertz CT molecular complexity index is 421. The minimum absolute atomic E-state index is 0.650. The molecule has 0 aromatic heterocycles. The van der Waals surface area contributed by atoms with E-state index in [1.54, 1.807) is 3.57 Å². The van der Waals surface area contributed by atoms with Gasteiger partial charge in [0.15, 0.2) is 0 Å². The van der Waals surface area contributed by atoms with Crippen molar-refractivity contribution in [2.45, 2.75) is 10.8 Å². The second-order valence-corrected chi connectivity index (χ2v) is 9.68. The molecule has 1 heteroatoms. The molecule has 84 valence electrons. The van der Waals surface area contributed by atoms with E-state index in [1.165, 1.54) is 5.56 Å². The number of hydrogen-bond acceptors (Lipinski definition) is 0. The van der Waals surface area contributed by atoms with Gasteiger partial charge in [-0.2, -0.15) is 0 Å². The first-order valence-electron chi connectivity index (χ1n) is 5.37. The van der Waals surface area contributed by atoms with Gasteiger partial charge in [-0.05, 0) is 0 Å². The van der Waals surface area contributed by atoms with E-state index in [9.17, 15) is 0 Å². The van der Waals surface area contributed by atoms with Crippen LogP contribution in [0.1, 0.15) is 5.56 Å². The van der Waals surface area contributed by atoms with Crippen molar-refractivity contribution in [1.82, 2.24) is 0 Å².